The van der Waals surface area contributed by atoms with Crippen LogP contribution in [0.4, 0.5) is 0 Å². The van der Waals surface area contributed by atoms with Gasteiger partial charge in [-0.05, 0) is 19.8 Å². The second-order valence-electron chi connectivity index (χ2n) is 3.49. The van der Waals surface area contributed by atoms with Gasteiger partial charge in [0.1, 0.15) is 0 Å². The Morgan fingerprint density at radius 1 is 1.67 bits per heavy atom. The molecule has 4 nitrogen and oxygen atoms in total. The van der Waals surface area contributed by atoms with E-state index in [4.69, 9.17) is 4.74 Å². The minimum absolute atomic E-state index is 0.0755. The number of likely N-dealkylation sites (tertiary alicyclic amines) is 1. The fourth-order valence-electron chi connectivity index (χ4n) is 1.57. The van der Waals surface area contributed by atoms with Gasteiger partial charge in [0.2, 0.25) is 5.91 Å². The molecule has 0 saturated carbocycles. The van der Waals surface area contributed by atoms with Gasteiger partial charge in [-0.15, -0.1) is 0 Å². The number of amides is 1. The van der Waals surface area contributed by atoms with Gasteiger partial charge in [0.15, 0.2) is 0 Å². The summed E-state index contributed by atoms with van der Waals surface area (Å²) in [5.41, 5.74) is 0. The summed E-state index contributed by atoms with van der Waals surface area (Å²) < 4.78 is 4.81. The van der Waals surface area contributed by atoms with Crippen LogP contribution in [0.1, 0.15) is 26.2 Å². The molecule has 1 aliphatic rings. The summed E-state index contributed by atoms with van der Waals surface area (Å²) in [7, 11) is 0. The highest BCUT2D eigenvalue weighted by atomic mass is 79.9. The van der Waals surface area contributed by atoms with E-state index in [0.29, 0.717) is 19.6 Å². The predicted molar refractivity (Wildman–Crippen MR) is 59.8 cm³/mol. The lowest BCUT2D eigenvalue weighted by molar-refractivity contribution is -0.144. The Bertz CT molecular complexity index is 245. The molecule has 1 rings (SSSR count). The standard InChI is InChI=1S/C10H16BrNO3/c1-2-15-9(13)5-7-12-6-3-4-8(11)10(12)14/h8H,2-7H2,1H3. The van der Waals surface area contributed by atoms with Crippen LogP contribution in [0.2, 0.25) is 0 Å². The first-order chi connectivity index (χ1) is 7.15. The Morgan fingerprint density at radius 2 is 2.40 bits per heavy atom. The van der Waals surface area contributed by atoms with Crippen LogP contribution in [0, 0.1) is 0 Å². The van der Waals surface area contributed by atoms with E-state index in [9.17, 15) is 9.59 Å². The normalized spacial score (nSPS) is 21.6. The Kier molecular flexibility index (Phi) is 5.08. The van der Waals surface area contributed by atoms with Gasteiger partial charge in [-0.3, -0.25) is 9.59 Å². The van der Waals surface area contributed by atoms with Gasteiger partial charge in [-0.25, -0.2) is 0 Å². The van der Waals surface area contributed by atoms with E-state index >= 15 is 0 Å². The highest BCUT2D eigenvalue weighted by molar-refractivity contribution is 9.10. The summed E-state index contributed by atoms with van der Waals surface area (Å²) in [6.45, 7) is 3.40. The van der Waals surface area contributed by atoms with E-state index in [-0.39, 0.29) is 16.7 Å². The monoisotopic (exact) mass is 277 g/mol. The lowest BCUT2D eigenvalue weighted by Gasteiger charge is -2.29. The molecule has 1 heterocycles. The summed E-state index contributed by atoms with van der Waals surface area (Å²) >= 11 is 3.32. The molecule has 86 valence electrons. The zero-order valence-electron chi connectivity index (χ0n) is 8.87. The summed E-state index contributed by atoms with van der Waals surface area (Å²) in [6, 6.07) is 0. The molecular weight excluding hydrogens is 262 g/mol. The molecule has 15 heavy (non-hydrogen) atoms. The Hall–Kier alpha value is -0.580. The van der Waals surface area contributed by atoms with Crippen LogP contribution in [-0.2, 0) is 14.3 Å². The zero-order chi connectivity index (χ0) is 11.3. The van der Waals surface area contributed by atoms with E-state index in [1.807, 2.05) is 0 Å². The van der Waals surface area contributed by atoms with Crippen LogP contribution in [0.3, 0.4) is 0 Å². The zero-order valence-corrected chi connectivity index (χ0v) is 10.5. The van der Waals surface area contributed by atoms with Gasteiger partial charge in [-0.2, -0.15) is 0 Å². The van der Waals surface area contributed by atoms with Crippen LogP contribution < -0.4 is 0 Å². The molecule has 1 atom stereocenters. The van der Waals surface area contributed by atoms with Crippen molar-refractivity contribution < 1.29 is 14.3 Å². The molecule has 0 aliphatic carbocycles. The van der Waals surface area contributed by atoms with Crippen LogP contribution >= 0.6 is 15.9 Å². The predicted octanol–water partition coefficient (Wildman–Crippen LogP) is 1.33. The van der Waals surface area contributed by atoms with Crippen LogP contribution in [0.25, 0.3) is 0 Å². The number of alkyl halides is 1. The third-order valence-corrected chi connectivity index (χ3v) is 3.21. The minimum atomic E-state index is -0.234. The van der Waals surface area contributed by atoms with Crippen molar-refractivity contribution in [1.29, 1.82) is 0 Å². The fourth-order valence-corrected chi connectivity index (χ4v) is 2.19. The summed E-state index contributed by atoms with van der Waals surface area (Å²) in [6.07, 6.45) is 2.17. The Labute approximate surface area is 98.1 Å². The maximum absolute atomic E-state index is 11.6. The molecule has 5 heteroatoms. The van der Waals surface area contributed by atoms with E-state index in [1.165, 1.54) is 0 Å². The van der Waals surface area contributed by atoms with Gasteiger partial charge in [-0.1, -0.05) is 15.9 Å². The molecule has 1 amide bonds. The maximum Gasteiger partial charge on any atom is 0.307 e. The summed E-state index contributed by atoms with van der Waals surface area (Å²) in [5, 5.41) is 0. The number of esters is 1. The molecule has 1 unspecified atom stereocenters. The molecule has 0 aromatic rings. The molecular formula is C10H16BrNO3. The quantitative estimate of drug-likeness (QED) is 0.575. The van der Waals surface area contributed by atoms with E-state index < -0.39 is 0 Å². The first kappa shape index (κ1) is 12.5. The number of piperidine rings is 1. The third kappa shape index (κ3) is 3.81. The summed E-state index contributed by atoms with van der Waals surface area (Å²) in [5.74, 6) is -0.146. The van der Waals surface area contributed by atoms with E-state index in [2.05, 4.69) is 15.9 Å². The van der Waals surface area contributed by atoms with E-state index in [0.717, 1.165) is 19.4 Å². The second-order valence-corrected chi connectivity index (χ2v) is 4.60. The Morgan fingerprint density at radius 3 is 3.07 bits per heavy atom. The molecule has 0 aromatic carbocycles. The number of carbonyl (C=O) groups is 2. The number of nitrogens with zero attached hydrogens (tertiary/aromatic N) is 1. The van der Waals surface area contributed by atoms with Gasteiger partial charge in [0.05, 0.1) is 17.9 Å². The fraction of sp³-hybridized carbons (Fsp3) is 0.800. The number of hydrogen-bond donors (Lipinski definition) is 0. The molecule has 0 bridgehead atoms. The number of hydrogen-bond acceptors (Lipinski definition) is 3. The topological polar surface area (TPSA) is 46.6 Å². The van der Waals surface area contributed by atoms with Crippen molar-refractivity contribution in [2.45, 2.75) is 31.0 Å². The number of rotatable bonds is 4. The van der Waals surface area contributed by atoms with Crippen molar-refractivity contribution in [2.75, 3.05) is 19.7 Å². The minimum Gasteiger partial charge on any atom is -0.466 e. The van der Waals surface area contributed by atoms with Crippen LogP contribution in [0.5, 0.6) is 0 Å². The Balaban J connectivity index is 2.31. The van der Waals surface area contributed by atoms with Crippen molar-refractivity contribution in [3.8, 4) is 0 Å². The molecule has 0 N–H and O–H groups in total. The highest BCUT2D eigenvalue weighted by Crippen LogP contribution is 2.18. The number of ether oxygens (including phenoxy) is 1. The van der Waals surface area contributed by atoms with Crippen LogP contribution in [0.15, 0.2) is 0 Å². The smallest absolute Gasteiger partial charge is 0.307 e. The van der Waals surface area contributed by atoms with Crippen LogP contribution in [-0.4, -0.2) is 41.3 Å². The second kappa shape index (κ2) is 6.10. The first-order valence-electron chi connectivity index (χ1n) is 5.23. The third-order valence-electron chi connectivity index (χ3n) is 2.36. The van der Waals surface area contributed by atoms with Crippen molar-refractivity contribution in [1.82, 2.24) is 4.90 Å². The maximum atomic E-state index is 11.6. The lowest BCUT2D eigenvalue weighted by Crippen LogP contribution is -2.42. The number of halogens is 1. The van der Waals surface area contributed by atoms with Gasteiger partial charge < -0.3 is 9.64 Å². The van der Waals surface area contributed by atoms with E-state index in [1.54, 1.807) is 11.8 Å². The highest BCUT2D eigenvalue weighted by Gasteiger charge is 2.26. The lowest BCUT2D eigenvalue weighted by atomic mass is 10.1. The molecule has 0 spiro atoms. The van der Waals surface area contributed by atoms with Gasteiger partial charge in [0.25, 0.3) is 0 Å². The summed E-state index contributed by atoms with van der Waals surface area (Å²) in [4.78, 5) is 24.4. The molecule has 0 radical (unpaired) electrons. The average molecular weight is 278 g/mol. The first-order valence-corrected chi connectivity index (χ1v) is 6.15. The van der Waals surface area contributed by atoms with Gasteiger partial charge >= 0.3 is 5.97 Å². The molecule has 1 saturated heterocycles. The van der Waals surface area contributed by atoms with Crippen molar-refractivity contribution in [3.05, 3.63) is 0 Å². The van der Waals surface area contributed by atoms with Crippen molar-refractivity contribution in [3.63, 3.8) is 0 Å². The van der Waals surface area contributed by atoms with Crippen molar-refractivity contribution >= 4 is 27.8 Å². The van der Waals surface area contributed by atoms with Crippen molar-refractivity contribution in [2.24, 2.45) is 0 Å². The van der Waals surface area contributed by atoms with Gasteiger partial charge in [0, 0.05) is 13.1 Å². The molecule has 0 aromatic heterocycles. The largest absolute Gasteiger partial charge is 0.466 e. The average Bonchev–Trinajstić information content (AvgIpc) is 2.21. The SMILES string of the molecule is CCOC(=O)CCN1CCCC(Br)C1=O. The number of carbonyl (C=O) groups excluding carboxylic acids is 2. The molecule has 1 aliphatic heterocycles. The molecule has 1 fully saturated rings.